The Kier molecular flexibility index (Phi) is 3.83. The quantitative estimate of drug-likeness (QED) is 0.516. The molecule has 0 bridgehead atoms. The number of imidazole rings is 2. The predicted molar refractivity (Wildman–Crippen MR) is 109 cm³/mol. The highest BCUT2D eigenvalue weighted by Gasteiger charge is 2.18. The van der Waals surface area contributed by atoms with Crippen molar-refractivity contribution in [1.82, 2.24) is 29.1 Å². The average molecular weight is 368 g/mol. The highest BCUT2D eigenvalue weighted by molar-refractivity contribution is 5.76. The van der Waals surface area contributed by atoms with Crippen molar-refractivity contribution in [3.8, 4) is 22.6 Å². The van der Waals surface area contributed by atoms with Crippen molar-refractivity contribution in [2.45, 2.75) is 20.4 Å². The number of rotatable bonds is 4. The molecule has 5 aromatic rings. The Labute approximate surface area is 162 Å². The van der Waals surface area contributed by atoms with Gasteiger partial charge in [-0.15, -0.1) is 0 Å². The minimum Gasteiger partial charge on any atom is -0.323 e. The van der Waals surface area contributed by atoms with Crippen LogP contribution in [0.15, 0.2) is 67.1 Å². The van der Waals surface area contributed by atoms with Crippen molar-refractivity contribution >= 4 is 5.65 Å². The molecule has 0 aliphatic carbocycles. The molecule has 0 atom stereocenters. The van der Waals surface area contributed by atoms with E-state index in [-0.39, 0.29) is 0 Å². The largest absolute Gasteiger partial charge is 0.323 e. The molecule has 0 radical (unpaired) electrons. The number of nitrogens with zero attached hydrogens (tertiary/aromatic N) is 5. The van der Waals surface area contributed by atoms with Gasteiger partial charge in [0.15, 0.2) is 0 Å². The van der Waals surface area contributed by atoms with E-state index in [1.165, 1.54) is 0 Å². The van der Waals surface area contributed by atoms with E-state index in [1.807, 2.05) is 49.6 Å². The maximum Gasteiger partial charge on any atom is 0.137 e. The Morgan fingerprint density at radius 1 is 1.00 bits per heavy atom. The van der Waals surface area contributed by atoms with Crippen molar-refractivity contribution in [2.24, 2.45) is 0 Å². The molecular formula is C22H20N6. The van der Waals surface area contributed by atoms with Gasteiger partial charge in [-0.25, -0.2) is 9.97 Å². The predicted octanol–water partition coefficient (Wildman–Crippen LogP) is 4.25. The monoisotopic (exact) mass is 368 g/mol. The van der Waals surface area contributed by atoms with E-state index in [9.17, 15) is 0 Å². The maximum atomic E-state index is 4.78. The van der Waals surface area contributed by atoms with E-state index in [4.69, 9.17) is 9.97 Å². The smallest absolute Gasteiger partial charge is 0.137 e. The number of aromatic amines is 1. The first-order chi connectivity index (χ1) is 13.7. The molecule has 1 N–H and O–H groups in total. The molecule has 5 rings (SSSR count). The van der Waals surface area contributed by atoms with Gasteiger partial charge in [0, 0.05) is 23.1 Å². The fraction of sp³-hybridized carbons (Fsp3) is 0.136. The van der Waals surface area contributed by atoms with Crippen LogP contribution in [0.2, 0.25) is 0 Å². The standard InChI is InChI=1S/C22H20N6/c1-15-11-19(26-25-15)22-21(17-8-4-3-5-9-17)23-14-27(22)12-18-13-28-16(2)7-6-10-20(28)24-18/h3-11,13-14H,12H2,1-2H3,(H,25,26). The van der Waals surface area contributed by atoms with Gasteiger partial charge in [-0.05, 0) is 32.0 Å². The third kappa shape index (κ3) is 2.79. The minimum atomic E-state index is 0.627. The Hall–Kier alpha value is -3.67. The molecule has 4 heterocycles. The molecule has 0 saturated heterocycles. The summed E-state index contributed by atoms with van der Waals surface area (Å²) in [6.07, 6.45) is 3.96. The van der Waals surface area contributed by atoms with Gasteiger partial charge in [0.2, 0.25) is 0 Å². The number of nitrogens with one attached hydrogen (secondary N) is 1. The fourth-order valence-electron chi connectivity index (χ4n) is 3.57. The Morgan fingerprint density at radius 3 is 2.61 bits per heavy atom. The van der Waals surface area contributed by atoms with Gasteiger partial charge in [-0.2, -0.15) is 5.10 Å². The first-order valence-electron chi connectivity index (χ1n) is 9.25. The van der Waals surface area contributed by atoms with Crippen LogP contribution in [-0.2, 0) is 6.54 Å². The van der Waals surface area contributed by atoms with Crippen molar-refractivity contribution in [1.29, 1.82) is 0 Å². The second-order valence-corrected chi connectivity index (χ2v) is 7.00. The summed E-state index contributed by atoms with van der Waals surface area (Å²) in [5.74, 6) is 0. The topological polar surface area (TPSA) is 63.8 Å². The highest BCUT2D eigenvalue weighted by Crippen LogP contribution is 2.30. The minimum absolute atomic E-state index is 0.627. The molecule has 0 saturated carbocycles. The zero-order chi connectivity index (χ0) is 19.1. The Balaban J connectivity index is 1.62. The molecule has 6 heteroatoms. The Morgan fingerprint density at radius 2 is 1.86 bits per heavy atom. The van der Waals surface area contributed by atoms with Gasteiger partial charge in [-0.1, -0.05) is 36.4 Å². The number of aryl methyl sites for hydroxylation is 2. The summed E-state index contributed by atoms with van der Waals surface area (Å²) < 4.78 is 4.23. The molecule has 0 spiro atoms. The van der Waals surface area contributed by atoms with E-state index in [0.717, 1.165) is 45.4 Å². The second kappa shape index (κ2) is 6.49. The molecule has 0 amide bonds. The van der Waals surface area contributed by atoms with Gasteiger partial charge in [0.1, 0.15) is 11.3 Å². The lowest BCUT2D eigenvalue weighted by Gasteiger charge is -2.07. The zero-order valence-corrected chi connectivity index (χ0v) is 15.8. The summed E-state index contributed by atoms with van der Waals surface area (Å²) in [4.78, 5) is 9.49. The number of H-pyrrole nitrogens is 1. The van der Waals surface area contributed by atoms with Crippen molar-refractivity contribution in [3.63, 3.8) is 0 Å². The van der Waals surface area contributed by atoms with Gasteiger partial charge in [-0.3, -0.25) is 5.10 Å². The van der Waals surface area contributed by atoms with Gasteiger partial charge < -0.3 is 8.97 Å². The fourth-order valence-corrected chi connectivity index (χ4v) is 3.57. The van der Waals surface area contributed by atoms with Gasteiger partial charge >= 0.3 is 0 Å². The third-order valence-corrected chi connectivity index (χ3v) is 4.91. The van der Waals surface area contributed by atoms with E-state index < -0.39 is 0 Å². The van der Waals surface area contributed by atoms with E-state index in [2.05, 4.69) is 50.5 Å². The van der Waals surface area contributed by atoms with E-state index >= 15 is 0 Å². The van der Waals surface area contributed by atoms with Crippen LogP contribution in [0.3, 0.4) is 0 Å². The number of hydrogen-bond acceptors (Lipinski definition) is 3. The summed E-state index contributed by atoms with van der Waals surface area (Å²) in [5, 5.41) is 7.54. The van der Waals surface area contributed by atoms with Crippen LogP contribution >= 0.6 is 0 Å². The first-order valence-corrected chi connectivity index (χ1v) is 9.25. The van der Waals surface area contributed by atoms with Crippen LogP contribution in [-0.4, -0.2) is 29.1 Å². The molecule has 0 aliphatic rings. The molecular weight excluding hydrogens is 348 g/mol. The first kappa shape index (κ1) is 16.5. The van der Waals surface area contributed by atoms with E-state index in [0.29, 0.717) is 6.54 Å². The molecule has 0 aliphatic heterocycles. The zero-order valence-electron chi connectivity index (χ0n) is 15.8. The average Bonchev–Trinajstić information content (AvgIpc) is 3.41. The summed E-state index contributed by atoms with van der Waals surface area (Å²) in [7, 11) is 0. The van der Waals surface area contributed by atoms with E-state index in [1.54, 1.807) is 0 Å². The van der Waals surface area contributed by atoms with Crippen molar-refractivity contribution in [2.75, 3.05) is 0 Å². The third-order valence-electron chi connectivity index (χ3n) is 4.91. The molecule has 1 aromatic carbocycles. The van der Waals surface area contributed by atoms with Crippen LogP contribution in [0.1, 0.15) is 17.1 Å². The summed E-state index contributed by atoms with van der Waals surface area (Å²) in [6.45, 7) is 4.72. The van der Waals surface area contributed by atoms with Crippen LogP contribution in [0, 0.1) is 13.8 Å². The molecule has 28 heavy (non-hydrogen) atoms. The number of fused-ring (bicyclic) bond motifs is 1. The summed E-state index contributed by atoms with van der Waals surface area (Å²) in [6, 6.07) is 18.4. The second-order valence-electron chi connectivity index (χ2n) is 7.00. The molecule has 0 fully saturated rings. The lowest BCUT2D eigenvalue weighted by molar-refractivity contribution is 0.783. The molecule has 0 unspecified atom stereocenters. The van der Waals surface area contributed by atoms with Crippen LogP contribution < -0.4 is 0 Å². The number of aromatic nitrogens is 6. The lowest BCUT2D eigenvalue weighted by Crippen LogP contribution is -2.01. The lowest BCUT2D eigenvalue weighted by atomic mass is 10.1. The number of pyridine rings is 1. The molecule has 6 nitrogen and oxygen atoms in total. The number of hydrogen-bond donors (Lipinski definition) is 1. The maximum absolute atomic E-state index is 4.78. The van der Waals surface area contributed by atoms with Crippen molar-refractivity contribution in [3.05, 3.63) is 84.2 Å². The van der Waals surface area contributed by atoms with Crippen LogP contribution in [0.5, 0.6) is 0 Å². The van der Waals surface area contributed by atoms with Crippen LogP contribution in [0.4, 0.5) is 0 Å². The number of benzene rings is 1. The molecule has 4 aromatic heterocycles. The normalized spacial score (nSPS) is 11.4. The molecule has 138 valence electrons. The summed E-state index contributed by atoms with van der Waals surface area (Å²) in [5.41, 5.74) is 7.99. The van der Waals surface area contributed by atoms with Crippen LogP contribution in [0.25, 0.3) is 28.3 Å². The van der Waals surface area contributed by atoms with Gasteiger partial charge in [0.25, 0.3) is 0 Å². The summed E-state index contributed by atoms with van der Waals surface area (Å²) >= 11 is 0. The van der Waals surface area contributed by atoms with Crippen molar-refractivity contribution < 1.29 is 0 Å². The SMILES string of the molecule is Cc1cc(-c2c(-c3ccccc3)ncn2Cc2cn3c(C)cccc3n2)n[nH]1. The Bertz CT molecular complexity index is 1260. The highest BCUT2D eigenvalue weighted by atomic mass is 15.2. The van der Waals surface area contributed by atoms with Gasteiger partial charge in [0.05, 0.1) is 30.0 Å².